The van der Waals surface area contributed by atoms with Gasteiger partial charge in [0.1, 0.15) is 12.3 Å². The van der Waals surface area contributed by atoms with Gasteiger partial charge in [-0.25, -0.2) is 4.79 Å². The Labute approximate surface area is 189 Å². The number of alkyl carbamates (subject to hydrolysis) is 1. The van der Waals surface area contributed by atoms with Crippen LogP contribution in [0.25, 0.3) is 0 Å². The lowest BCUT2D eigenvalue weighted by molar-refractivity contribution is 0.0592. The number of nitrogens with one attached hydrogen (secondary N) is 1. The number of nitrogens with zero attached hydrogens (tertiary/aromatic N) is 1. The highest BCUT2D eigenvalue weighted by atomic mass is 79.9. The average molecular weight is 491 g/mol. The third kappa shape index (κ3) is 4.84. The average Bonchev–Trinajstić information content (AvgIpc) is 2.76. The van der Waals surface area contributed by atoms with Crippen molar-refractivity contribution in [2.45, 2.75) is 39.8 Å². The van der Waals surface area contributed by atoms with Crippen molar-refractivity contribution in [3.8, 4) is 5.75 Å². The smallest absolute Gasteiger partial charge is 0.407 e. The number of amides is 1. The molecule has 0 spiro atoms. The minimum Gasteiger partial charge on any atom is -0.491 e. The SMILES string of the molecule is COc1c2n(cc(Br)c1=O)C[C@H](C)[C@](C)(CCCNC(=O)OCc1ccccc1)C2=O. The summed E-state index contributed by atoms with van der Waals surface area (Å²) < 4.78 is 12.7. The summed E-state index contributed by atoms with van der Waals surface area (Å²) in [6.07, 6.45) is 2.34. The predicted octanol–water partition coefficient (Wildman–Crippen LogP) is 4.16. The number of carbonyl (C=O) groups is 2. The van der Waals surface area contributed by atoms with E-state index < -0.39 is 11.5 Å². The molecule has 1 aliphatic rings. The molecule has 0 saturated carbocycles. The minimum absolute atomic E-state index is 0.0524. The Hall–Kier alpha value is -2.61. The van der Waals surface area contributed by atoms with Gasteiger partial charge in [-0.1, -0.05) is 44.2 Å². The van der Waals surface area contributed by atoms with Crippen molar-refractivity contribution in [1.29, 1.82) is 0 Å². The largest absolute Gasteiger partial charge is 0.491 e. The molecule has 31 heavy (non-hydrogen) atoms. The summed E-state index contributed by atoms with van der Waals surface area (Å²) in [5.74, 6) is 0.0103. The van der Waals surface area contributed by atoms with Gasteiger partial charge in [-0.3, -0.25) is 9.59 Å². The van der Waals surface area contributed by atoms with E-state index in [0.717, 1.165) is 5.56 Å². The molecule has 1 amide bonds. The van der Waals surface area contributed by atoms with E-state index in [1.165, 1.54) is 7.11 Å². The Morgan fingerprint density at radius 1 is 1.29 bits per heavy atom. The van der Waals surface area contributed by atoms with Crippen LogP contribution in [0.4, 0.5) is 4.79 Å². The highest BCUT2D eigenvalue weighted by Crippen LogP contribution is 2.42. The predicted molar refractivity (Wildman–Crippen MR) is 120 cm³/mol. The molecular formula is C23H27BrN2O5. The lowest BCUT2D eigenvalue weighted by atomic mass is 9.68. The monoisotopic (exact) mass is 490 g/mol. The van der Waals surface area contributed by atoms with Crippen molar-refractivity contribution in [2.75, 3.05) is 13.7 Å². The zero-order valence-electron chi connectivity index (χ0n) is 17.9. The van der Waals surface area contributed by atoms with Gasteiger partial charge in [0, 0.05) is 24.7 Å². The number of rotatable bonds is 7. The number of Topliss-reactive ketones (excluding diaryl/α,β-unsaturated/α-hetero) is 1. The van der Waals surface area contributed by atoms with Crippen LogP contribution in [0.2, 0.25) is 0 Å². The molecule has 2 aromatic rings. The van der Waals surface area contributed by atoms with Crippen molar-refractivity contribution in [3.63, 3.8) is 0 Å². The van der Waals surface area contributed by atoms with Crippen molar-refractivity contribution in [2.24, 2.45) is 11.3 Å². The summed E-state index contributed by atoms with van der Waals surface area (Å²) in [6, 6.07) is 9.46. The summed E-state index contributed by atoms with van der Waals surface area (Å²) in [5, 5.41) is 2.74. The van der Waals surface area contributed by atoms with Crippen LogP contribution in [0.1, 0.15) is 42.7 Å². The molecule has 0 bridgehead atoms. The van der Waals surface area contributed by atoms with Crippen LogP contribution in [-0.2, 0) is 17.9 Å². The Morgan fingerprint density at radius 2 is 2.00 bits per heavy atom. The zero-order chi connectivity index (χ0) is 22.6. The van der Waals surface area contributed by atoms with Gasteiger partial charge < -0.3 is 19.4 Å². The topological polar surface area (TPSA) is 86.6 Å². The van der Waals surface area contributed by atoms with Crippen LogP contribution in [0.15, 0.2) is 45.8 Å². The van der Waals surface area contributed by atoms with E-state index in [0.29, 0.717) is 36.1 Å². The number of aromatic nitrogens is 1. The molecule has 0 saturated heterocycles. The molecule has 1 aliphatic heterocycles. The van der Waals surface area contributed by atoms with Crippen LogP contribution < -0.4 is 15.5 Å². The van der Waals surface area contributed by atoms with Crippen LogP contribution >= 0.6 is 15.9 Å². The normalized spacial score (nSPS) is 20.1. The zero-order valence-corrected chi connectivity index (χ0v) is 19.5. The minimum atomic E-state index is -0.664. The summed E-state index contributed by atoms with van der Waals surface area (Å²) in [5.41, 5.74) is 0.234. The van der Waals surface area contributed by atoms with Gasteiger partial charge in [0.15, 0.2) is 11.5 Å². The number of hydrogen-bond donors (Lipinski definition) is 1. The fourth-order valence-electron chi connectivity index (χ4n) is 3.94. The molecule has 2 atom stereocenters. The van der Waals surface area contributed by atoms with Crippen molar-refractivity contribution in [3.05, 3.63) is 62.5 Å². The number of ether oxygens (including phenoxy) is 2. The van der Waals surface area contributed by atoms with Crippen LogP contribution in [-0.4, -0.2) is 30.1 Å². The van der Waals surface area contributed by atoms with E-state index in [4.69, 9.17) is 9.47 Å². The van der Waals surface area contributed by atoms with Gasteiger partial charge >= 0.3 is 6.09 Å². The quantitative estimate of drug-likeness (QED) is 0.588. The van der Waals surface area contributed by atoms with E-state index in [-0.39, 0.29) is 29.5 Å². The molecule has 2 heterocycles. The van der Waals surface area contributed by atoms with E-state index >= 15 is 0 Å². The number of hydrogen-bond acceptors (Lipinski definition) is 5. The number of benzene rings is 1. The van der Waals surface area contributed by atoms with Crippen molar-refractivity contribution >= 4 is 27.8 Å². The Morgan fingerprint density at radius 3 is 2.68 bits per heavy atom. The summed E-state index contributed by atoms with van der Waals surface area (Å²) in [7, 11) is 1.40. The van der Waals surface area contributed by atoms with Gasteiger partial charge in [-0.2, -0.15) is 0 Å². The van der Waals surface area contributed by atoms with Crippen LogP contribution in [0.5, 0.6) is 5.75 Å². The number of pyridine rings is 1. The second-order valence-corrected chi connectivity index (χ2v) is 8.93. The second kappa shape index (κ2) is 9.68. The van der Waals surface area contributed by atoms with Crippen molar-refractivity contribution in [1.82, 2.24) is 9.88 Å². The van der Waals surface area contributed by atoms with Crippen molar-refractivity contribution < 1.29 is 19.1 Å². The molecule has 3 rings (SSSR count). The molecule has 0 unspecified atom stereocenters. The van der Waals surface area contributed by atoms with Crippen LogP contribution in [0.3, 0.4) is 0 Å². The first kappa shape index (κ1) is 23.1. The third-order valence-electron chi connectivity index (χ3n) is 6.05. The number of methoxy groups -OCH3 is 1. The Kier molecular flexibility index (Phi) is 7.20. The molecule has 0 radical (unpaired) electrons. The van der Waals surface area contributed by atoms with E-state index in [1.54, 1.807) is 10.8 Å². The summed E-state index contributed by atoms with van der Waals surface area (Å²) >= 11 is 3.25. The molecule has 0 aliphatic carbocycles. The lowest BCUT2D eigenvalue weighted by Gasteiger charge is -2.40. The molecule has 166 valence electrons. The van der Waals surface area contributed by atoms with Gasteiger partial charge in [-0.05, 0) is 40.3 Å². The molecule has 0 fully saturated rings. The molecule has 1 N–H and O–H groups in total. The fourth-order valence-corrected chi connectivity index (χ4v) is 4.37. The van der Waals surface area contributed by atoms with Gasteiger partial charge in [0.05, 0.1) is 11.6 Å². The van der Waals surface area contributed by atoms with E-state index in [2.05, 4.69) is 21.2 Å². The first-order chi connectivity index (χ1) is 14.8. The fraction of sp³-hybridized carbons (Fsp3) is 0.435. The highest BCUT2D eigenvalue weighted by Gasteiger charge is 2.45. The molecule has 1 aromatic heterocycles. The van der Waals surface area contributed by atoms with Gasteiger partial charge in [0.25, 0.3) is 0 Å². The maximum absolute atomic E-state index is 13.4. The summed E-state index contributed by atoms with van der Waals surface area (Å²) in [6.45, 7) is 5.15. The summed E-state index contributed by atoms with van der Waals surface area (Å²) in [4.78, 5) is 37.8. The Bertz CT molecular complexity index is 1020. The first-order valence-electron chi connectivity index (χ1n) is 10.2. The maximum atomic E-state index is 13.4. The molecule has 7 nitrogen and oxygen atoms in total. The molecular weight excluding hydrogens is 464 g/mol. The van der Waals surface area contributed by atoms with E-state index in [9.17, 15) is 14.4 Å². The maximum Gasteiger partial charge on any atom is 0.407 e. The number of carbonyl (C=O) groups excluding carboxylic acids is 2. The molecule has 8 heteroatoms. The van der Waals surface area contributed by atoms with Gasteiger partial charge in [0.2, 0.25) is 5.43 Å². The Balaban J connectivity index is 1.60. The lowest BCUT2D eigenvalue weighted by Crippen LogP contribution is -2.44. The first-order valence-corrected chi connectivity index (χ1v) is 11.0. The number of halogens is 1. The molecule has 1 aromatic carbocycles. The number of fused-ring (bicyclic) bond motifs is 1. The van der Waals surface area contributed by atoms with E-state index in [1.807, 2.05) is 44.2 Å². The number of ketones is 1. The highest BCUT2D eigenvalue weighted by molar-refractivity contribution is 9.10. The van der Waals surface area contributed by atoms with Crippen LogP contribution in [0, 0.1) is 11.3 Å². The second-order valence-electron chi connectivity index (χ2n) is 8.08. The van der Waals surface area contributed by atoms with Gasteiger partial charge in [-0.15, -0.1) is 0 Å². The third-order valence-corrected chi connectivity index (χ3v) is 6.61. The standard InChI is InChI=1S/C23H27BrN2O5/c1-15-12-26-13-17(24)19(27)20(30-3)18(26)21(28)23(15,2)10-7-11-25-22(29)31-14-16-8-5-4-6-9-16/h4-6,8-9,13,15H,7,10-12,14H2,1-3H3,(H,25,29)/t15-,23-/m0/s1.